The molecule has 90 valence electrons. The first-order valence-electron chi connectivity index (χ1n) is 6.65. The number of carbonyl (C=O) groups is 1. The molecule has 1 aliphatic carbocycles. The zero-order chi connectivity index (χ0) is 11.7. The van der Waals surface area contributed by atoms with Gasteiger partial charge in [0.05, 0.1) is 6.61 Å². The van der Waals surface area contributed by atoms with Crippen LogP contribution < -0.4 is 4.74 Å². The second-order valence-corrected chi connectivity index (χ2v) is 5.08. The Kier molecular flexibility index (Phi) is 2.87. The molecule has 1 aromatic carbocycles. The summed E-state index contributed by atoms with van der Waals surface area (Å²) in [6.45, 7) is 0.726. The number of ether oxygens (including phenoxy) is 1. The lowest BCUT2D eigenvalue weighted by Crippen LogP contribution is -2.18. The van der Waals surface area contributed by atoms with Gasteiger partial charge in [0.2, 0.25) is 0 Å². The lowest BCUT2D eigenvalue weighted by Gasteiger charge is -2.21. The van der Waals surface area contributed by atoms with Crippen LogP contribution in [0.5, 0.6) is 5.75 Å². The van der Waals surface area contributed by atoms with Gasteiger partial charge in [0.25, 0.3) is 0 Å². The Morgan fingerprint density at radius 1 is 1.18 bits per heavy atom. The molecule has 0 spiro atoms. The van der Waals surface area contributed by atoms with Crippen LogP contribution in [0, 0.1) is 5.92 Å². The van der Waals surface area contributed by atoms with Crippen LogP contribution in [-0.2, 0) is 6.42 Å². The fraction of sp³-hybridized carbons (Fsp3) is 0.533. The van der Waals surface area contributed by atoms with Crippen molar-refractivity contribution in [1.29, 1.82) is 0 Å². The third-order valence-corrected chi connectivity index (χ3v) is 3.98. The van der Waals surface area contributed by atoms with Crippen LogP contribution in [-0.4, -0.2) is 12.4 Å². The van der Waals surface area contributed by atoms with Gasteiger partial charge in [0.1, 0.15) is 5.75 Å². The van der Waals surface area contributed by atoms with Gasteiger partial charge in [0.15, 0.2) is 5.78 Å². The summed E-state index contributed by atoms with van der Waals surface area (Å²) >= 11 is 0. The number of hydrogen-bond donors (Lipinski definition) is 0. The molecule has 17 heavy (non-hydrogen) atoms. The average Bonchev–Trinajstić information content (AvgIpc) is 2.87. The Balaban J connectivity index is 1.88. The van der Waals surface area contributed by atoms with E-state index in [9.17, 15) is 4.79 Å². The highest BCUT2D eigenvalue weighted by Crippen LogP contribution is 2.33. The van der Waals surface area contributed by atoms with Crippen molar-refractivity contribution >= 4 is 5.78 Å². The summed E-state index contributed by atoms with van der Waals surface area (Å²) in [6.07, 6.45) is 6.75. The Bertz CT molecular complexity index is 431. The highest BCUT2D eigenvalue weighted by molar-refractivity contribution is 5.99. The number of rotatable bonds is 2. The lowest BCUT2D eigenvalue weighted by atomic mass is 9.82. The van der Waals surface area contributed by atoms with Gasteiger partial charge in [-0.25, -0.2) is 0 Å². The summed E-state index contributed by atoms with van der Waals surface area (Å²) in [5, 5.41) is 0. The van der Waals surface area contributed by atoms with Crippen molar-refractivity contribution in [3.8, 4) is 5.75 Å². The molecule has 0 saturated heterocycles. The van der Waals surface area contributed by atoms with Crippen molar-refractivity contribution in [3.05, 3.63) is 29.3 Å². The summed E-state index contributed by atoms with van der Waals surface area (Å²) in [7, 11) is 0. The minimum atomic E-state index is 0.260. The molecular formula is C15H18O2. The number of ketones is 1. The molecule has 1 aromatic rings. The van der Waals surface area contributed by atoms with Crippen LogP contribution >= 0.6 is 0 Å². The second kappa shape index (κ2) is 4.52. The molecule has 0 N–H and O–H groups in total. The van der Waals surface area contributed by atoms with E-state index in [0.29, 0.717) is 5.78 Å². The first kappa shape index (κ1) is 10.8. The molecular weight excluding hydrogens is 212 g/mol. The topological polar surface area (TPSA) is 26.3 Å². The number of hydrogen-bond acceptors (Lipinski definition) is 2. The van der Waals surface area contributed by atoms with Crippen molar-refractivity contribution < 1.29 is 9.53 Å². The van der Waals surface area contributed by atoms with E-state index in [1.165, 1.54) is 19.3 Å². The van der Waals surface area contributed by atoms with Crippen molar-refractivity contribution in [2.75, 3.05) is 6.61 Å². The number of benzene rings is 1. The van der Waals surface area contributed by atoms with Crippen molar-refractivity contribution in [3.63, 3.8) is 0 Å². The molecule has 0 unspecified atom stereocenters. The molecule has 2 aliphatic rings. The molecule has 1 fully saturated rings. The SMILES string of the molecule is O=C(c1cccc2c1CCO2)C1CCCCC1. The van der Waals surface area contributed by atoms with E-state index in [2.05, 4.69) is 0 Å². The maximum absolute atomic E-state index is 12.5. The van der Waals surface area contributed by atoms with Crippen LogP contribution in [0.25, 0.3) is 0 Å². The summed E-state index contributed by atoms with van der Waals surface area (Å²) < 4.78 is 5.52. The number of carbonyl (C=O) groups excluding carboxylic acids is 1. The van der Waals surface area contributed by atoms with E-state index >= 15 is 0 Å². The Hall–Kier alpha value is -1.31. The first-order chi connectivity index (χ1) is 8.36. The van der Waals surface area contributed by atoms with Gasteiger partial charge in [-0.1, -0.05) is 31.4 Å². The Labute approximate surface area is 102 Å². The summed E-state index contributed by atoms with van der Waals surface area (Å²) in [5.41, 5.74) is 2.06. The van der Waals surface area contributed by atoms with Crippen molar-refractivity contribution in [2.45, 2.75) is 38.5 Å². The molecule has 2 nitrogen and oxygen atoms in total. The summed E-state index contributed by atoms with van der Waals surface area (Å²) in [5.74, 6) is 1.54. The van der Waals surface area contributed by atoms with Gasteiger partial charge in [0, 0.05) is 23.5 Å². The van der Waals surface area contributed by atoms with Crippen LogP contribution in [0.4, 0.5) is 0 Å². The standard InChI is InChI=1S/C15H18O2/c16-15(11-5-2-1-3-6-11)13-7-4-8-14-12(13)9-10-17-14/h4,7-8,11H,1-3,5-6,9-10H2. The minimum Gasteiger partial charge on any atom is -0.493 e. The fourth-order valence-corrected chi connectivity index (χ4v) is 3.04. The van der Waals surface area contributed by atoms with Crippen LogP contribution in [0.15, 0.2) is 18.2 Å². The van der Waals surface area contributed by atoms with Crippen LogP contribution in [0.2, 0.25) is 0 Å². The Morgan fingerprint density at radius 3 is 2.82 bits per heavy atom. The van der Waals surface area contributed by atoms with Gasteiger partial charge in [-0.3, -0.25) is 4.79 Å². The van der Waals surface area contributed by atoms with Gasteiger partial charge in [-0.2, -0.15) is 0 Å². The molecule has 2 heteroatoms. The number of Topliss-reactive ketones (excluding diaryl/α,β-unsaturated/α-hetero) is 1. The zero-order valence-corrected chi connectivity index (χ0v) is 10.1. The van der Waals surface area contributed by atoms with Gasteiger partial charge < -0.3 is 4.74 Å². The molecule has 1 aliphatic heterocycles. The molecule has 0 radical (unpaired) electrons. The Morgan fingerprint density at radius 2 is 2.00 bits per heavy atom. The fourth-order valence-electron chi connectivity index (χ4n) is 3.04. The van der Waals surface area contributed by atoms with E-state index in [1.807, 2.05) is 18.2 Å². The van der Waals surface area contributed by atoms with Crippen molar-refractivity contribution in [1.82, 2.24) is 0 Å². The molecule has 3 rings (SSSR count). The normalized spacial score (nSPS) is 19.8. The van der Waals surface area contributed by atoms with Crippen LogP contribution in [0.1, 0.15) is 48.0 Å². The minimum absolute atomic E-state index is 0.260. The van der Waals surface area contributed by atoms with E-state index < -0.39 is 0 Å². The van der Waals surface area contributed by atoms with Crippen LogP contribution in [0.3, 0.4) is 0 Å². The average molecular weight is 230 g/mol. The summed E-state index contributed by atoms with van der Waals surface area (Å²) in [4.78, 5) is 12.5. The van der Waals surface area contributed by atoms with Gasteiger partial charge in [-0.15, -0.1) is 0 Å². The molecule has 0 aromatic heterocycles. The highest BCUT2D eigenvalue weighted by atomic mass is 16.5. The maximum atomic E-state index is 12.5. The largest absolute Gasteiger partial charge is 0.493 e. The second-order valence-electron chi connectivity index (χ2n) is 5.08. The number of fused-ring (bicyclic) bond motifs is 1. The van der Waals surface area contributed by atoms with E-state index in [0.717, 1.165) is 42.7 Å². The van der Waals surface area contributed by atoms with E-state index in [4.69, 9.17) is 4.74 Å². The van der Waals surface area contributed by atoms with Gasteiger partial charge >= 0.3 is 0 Å². The lowest BCUT2D eigenvalue weighted by molar-refractivity contribution is 0.0888. The quantitative estimate of drug-likeness (QED) is 0.728. The molecule has 1 saturated carbocycles. The van der Waals surface area contributed by atoms with E-state index in [-0.39, 0.29) is 5.92 Å². The first-order valence-corrected chi connectivity index (χ1v) is 6.65. The molecule has 0 amide bonds. The smallest absolute Gasteiger partial charge is 0.166 e. The van der Waals surface area contributed by atoms with E-state index in [1.54, 1.807) is 0 Å². The summed E-state index contributed by atoms with van der Waals surface area (Å²) in [6, 6.07) is 5.89. The predicted molar refractivity (Wildman–Crippen MR) is 66.5 cm³/mol. The maximum Gasteiger partial charge on any atom is 0.166 e. The van der Waals surface area contributed by atoms with Crippen molar-refractivity contribution in [2.24, 2.45) is 5.92 Å². The predicted octanol–water partition coefficient (Wildman–Crippen LogP) is 3.38. The van der Waals surface area contributed by atoms with Gasteiger partial charge in [-0.05, 0) is 18.9 Å². The zero-order valence-electron chi connectivity index (χ0n) is 10.1. The highest BCUT2D eigenvalue weighted by Gasteiger charge is 2.26. The molecule has 0 atom stereocenters. The molecule has 0 bridgehead atoms. The molecule has 1 heterocycles. The third kappa shape index (κ3) is 1.97. The third-order valence-electron chi connectivity index (χ3n) is 3.98. The monoisotopic (exact) mass is 230 g/mol.